The van der Waals surface area contributed by atoms with Crippen LogP contribution in [0.5, 0.6) is 0 Å². The van der Waals surface area contributed by atoms with Crippen molar-refractivity contribution in [2.75, 3.05) is 13.2 Å². The van der Waals surface area contributed by atoms with E-state index in [0.717, 1.165) is 11.0 Å². The van der Waals surface area contributed by atoms with Crippen molar-refractivity contribution in [1.82, 2.24) is 9.80 Å². The molecule has 0 radical (unpaired) electrons. The first-order chi connectivity index (χ1) is 13.0. The number of aliphatic hydroxyl groups is 2. The first-order valence-electron chi connectivity index (χ1n) is 9.23. The Labute approximate surface area is 162 Å². The van der Waals surface area contributed by atoms with E-state index in [2.05, 4.69) is 0 Å². The number of unbranched alkanes of at least 4 members (excludes halogenated alkanes) is 1. The maximum absolute atomic E-state index is 13.3. The number of carbonyl (C=O) groups is 1. The second-order valence-electron chi connectivity index (χ2n) is 7.68. The lowest BCUT2D eigenvalue weighted by atomic mass is 9.87. The normalized spacial score (nSPS) is 28.6. The second-order valence-corrected chi connectivity index (χ2v) is 7.68. The van der Waals surface area contributed by atoms with Gasteiger partial charge in [-0.2, -0.15) is 18.4 Å². The van der Waals surface area contributed by atoms with Crippen molar-refractivity contribution >= 4 is 5.91 Å². The highest BCUT2D eigenvalue weighted by molar-refractivity contribution is 5.87. The van der Waals surface area contributed by atoms with Crippen LogP contribution in [-0.4, -0.2) is 69.1 Å². The predicted octanol–water partition coefficient (Wildman–Crippen LogP) is 2.10. The molecule has 0 aromatic rings. The Kier molecular flexibility index (Phi) is 6.58. The molecule has 6 nitrogen and oxygen atoms in total. The first kappa shape index (κ1) is 22.4. The van der Waals surface area contributed by atoms with Crippen LogP contribution in [-0.2, 0) is 4.79 Å². The van der Waals surface area contributed by atoms with Gasteiger partial charge in [0.05, 0.1) is 34.8 Å². The van der Waals surface area contributed by atoms with Gasteiger partial charge in [-0.05, 0) is 46.2 Å². The third kappa shape index (κ3) is 4.09. The van der Waals surface area contributed by atoms with Crippen LogP contribution < -0.4 is 0 Å². The summed E-state index contributed by atoms with van der Waals surface area (Å²) in [5.74, 6) is -0.473. The van der Waals surface area contributed by atoms with Crippen molar-refractivity contribution < 1.29 is 28.2 Å². The molecule has 1 heterocycles. The number of hydrogen-bond donors (Lipinski definition) is 2. The maximum Gasteiger partial charge on any atom is 0.414 e. The largest absolute Gasteiger partial charge is 0.414 e. The Bertz CT molecular complexity index is 709. The predicted molar refractivity (Wildman–Crippen MR) is 95.7 cm³/mol. The van der Waals surface area contributed by atoms with Crippen LogP contribution in [0.3, 0.4) is 0 Å². The molecule has 0 bridgehead atoms. The Morgan fingerprint density at radius 1 is 1.36 bits per heavy atom. The first-order valence-corrected chi connectivity index (χ1v) is 9.23. The third-order valence-electron chi connectivity index (χ3n) is 5.53. The van der Waals surface area contributed by atoms with Gasteiger partial charge in [0.25, 0.3) is 0 Å². The average Bonchev–Trinajstić information content (AvgIpc) is 2.62. The van der Waals surface area contributed by atoms with E-state index in [1.165, 1.54) is 6.08 Å². The summed E-state index contributed by atoms with van der Waals surface area (Å²) in [7, 11) is 0. The number of nitrogens with zero attached hydrogens (tertiary/aromatic N) is 3. The van der Waals surface area contributed by atoms with E-state index in [9.17, 15) is 23.1 Å². The fourth-order valence-corrected chi connectivity index (χ4v) is 3.94. The molecule has 2 aliphatic rings. The van der Waals surface area contributed by atoms with Crippen molar-refractivity contribution in [3.8, 4) is 6.07 Å². The molecule has 156 valence electrons. The van der Waals surface area contributed by atoms with Gasteiger partial charge < -0.3 is 15.1 Å². The highest BCUT2D eigenvalue weighted by Gasteiger charge is 2.52. The van der Waals surface area contributed by atoms with E-state index in [1.54, 1.807) is 26.8 Å². The third-order valence-corrected chi connectivity index (χ3v) is 5.53. The summed E-state index contributed by atoms with van der Waals surface area (Å²) in [5, 5.41) is 28.7. The van der Waals surface area contributed by atoms with Gasteiger partial charge >= 0.3 is 6.18 Å². The maximum atomic E-state index is 13.3. The van der Waals surface area contributed by atoms with Gasteiger partial charge in [0.15, 0.2) is 0 Å². The van der Waals surface area contributed by atoms with E-state index in [4.69, 9.17) is 10.4 Å². The smallest absolute Gasteiger partial charge is 0.396 e. The van der Waals surface area contributed by atoms with Crippen molar-refractivity contribution in [3.63, 3.8) is 0 Å². The van der Waals surface area contributed by atoms with Crippen LogP contribution in [0.1, 0.15) is 40.0 Å². The SMILES string of the molecule is CC1C(O)N(C2C=CC(C#N)=C(C(F)(F)F)C2)C(=O)C(C)(C)N1CCCCO. The summed E-state index contributed by atoms with van der Waals surface area (Å²) in [4.78, 5) is 16.1. The summed E-state index contributed by atoms with van der Waals surface area (Å²) >= 11 is 0. The summed E-state index contributed by atoms with van der Waals surface area (Å²) in [6.45, 7) is 5.57. The zero-order valence-corrected chi connectivity index (χ0v) is 16.2. The number of piperazine rings is 1. The van der Waals surface area contributed by atoms with Crippen LogP contribution in [0, 0.1) is 11.3 Å². The summed E-state index contributed by atoms with van der Waals surface area (Å²) in [5.41, 5.74) is -2.49. The van der Waals surface area contributed by atoms with E-state index in [1.807, 2.05) is 4.90 Å². The topological polar surface area (TPSA) is 87.8 Å². The van der Waals surface area contributed by atoms with Gasteiger partial charge in [-0.15, -0.1) is 0 Å². The monoisotopic (exact) mass is 401 g/mol. The molecule has 2 rings (SSSR count). The number of nitriles is 1. The molecule has 1 saturated heterocycles. The molecule has 0 aromatic heterocycles. The molecular weight excluding hydrogens is 375 g/mol. The van der Waals surface area contributed by atoms with E-state index in [0.29, 0.717) is 19.4 Å². The van der Waals surface area contributed by atoms with Crippen LogP contribution in [0.25, 0.3) is 0 Å². The molecule has 1 amide bonds. The molecule has 1 fully saturated rings. The lowest BCUT2D eigenvalue weighted by Crippen LogP contribution is -2.72. The standard InChI is InChI=1S/C19H26F3N3O3/c1-12-16(27)25(17(28)18(2,3)24(12)8-4-5-9-26)14-7-6-13(11-23)15(10-14)19(20,21)22/h6-7,12,14,16,26-27H,4-5,8-10H2,1-3H3. The van der Waals surface area contributed by atoms with Crippen LogP contribution >= 0.6 is 0 Å². The van der Waals surface area contributed by atoms with Gasteiger partial charge in [-0.3, -0.25) is 9.69 Å². The van der Waals surface area contributed by atoms with Gasteiger partial charge in [-0.25, -0.2) is 0 Å². The van der Waals surface area contributed by atoms with Crippen molar-refractivity contribution in [2.24, 2.45) is 0 Å². The number of halogens is 3. The Balaban J connectivity index is 2.31. The fraction of sp³-hybridized carbons (Fsp3) is 0.684. The van der Waals surface area contributed by atoms with Crippen LogP contribution in [0.15, 0.2) is 23.3 Å². The molecule has 0 aromatic carbocycles. The zero-order valence-electron chi connectivity index (χ0n) is 16.2. The van der Waals surface area contributed by atoms with Crippen LogP contribution in [0.2, 0.25) is 0 Å². The molecular formula is C19H26F3N3O3. The molecule has 2 N–H and O–H groups in total. The molecule has 9 heteroatoms. The molecule has 0 saturated carbocycles. The zero-order chi connectivity index (χ0) is 21.3. The minimum Gasteiger partial charge on any atom is -0.396 e. The second kappa shape index (κ2) is 8.23. The Morgan fingerprint density at radius 3 is 2.54 bits per heavy atom. The number of carbonyl (C=O) groups excluding carboxylic acids is 1. The highest BCUT2D eigenvalue weighted by Crippen LogP contribution is 2.39. The molecule has 3 atom stereocenters. The summed E-state index contributed by atoms with van der Waals surface area (Å²) in [6, 6.07) is 0.0529. The Morgan fingerprint density at radius 2 is 2.00 bits per heavy atom. The van der Waals surface area contributed by atoms with Gasteiger partial charge in [0, 0.05) is 13.0 Å². The van der Waals surface area contributed by atoms with Gasteiger partial charge in [-0.1, -0.05) is 6.08 Å². The van der Waals surface area contributed by atoms with Crippen molar-refractivity contribution in [3.05, 3.63) is 23.3 Å². The van der Waals surface area contributed by atoms with Crippen molar-refractivity contribution in [2.45, 2.75) is 70.1 Å². The number of aliphatic hydroxyl groups excluding tert-OH is 2. The number of allylic oxidation sites excluding steroid dienone is 2. The average molecular weight is 401 g/mol. The quantitative estimate of drug-likeness (QED) is 0.689. The number of amides is 1. The van der Waals surface area contributed by atoms with E-state index in [-0.39, 0.29) is 6.61 Å². The van der Waals surface area contributed by atoms with Gasteiger partial charge in [0.1, 0.15) is 6.23 Å². The highest BCUT2D eigenvalue weighted by atomic mass is 19.4. The molecule has 0 spiro atoms. The molecule has 1 aliphatic heterocycles. The number of hydrogen-bond acceptors (Lipinski definition) is 5. The van der Waals surface area contributed by atoms with E-state index >= 15 is 0 Å². The number of alkyl halides is 3. The van der Waals surface area contributed by atoms with Gasteiger partial charge in [0.2, 0.25) is 5.91 Å². The lowest BCUT2D eigenvalue weighted by Gasteiger charge is -2.54. The number of rotatable bonds is 5. The van der Waals surface area contributed by atoms with Crippen LogP contribution in [0.4, 0.5) is 13.2 Å². The molecule has 1 aliphatic carbocycles. The fourth-order valence-electron chi connectivity index (χ4n) is 3.94. The molecule has 28 heavy (non-hydrogen) atoms. The Hall–Kier alpha value is -1.89. The lowest BCUT2D eigenvalue weighted by molar-refractivity contribution is -0.184. The molecule has 3 unspecified atom stereocenters. The summed E-state index contributed by atoms with van der Waals surface area (Å²) in [6.07, 6.45) is -2.92. The minimum atomic E-state index is -4.69. The van der Waals surface area contributed by atoms with Crippen molar-refractivity contribution in [1.29, 1.82) is 5.26 Å². The minimum absolute atomic E-state index is 0.0198. The summed E-state index contributed by atoms with van der Waals surface area (Å²) < 4.78 is 40.0. The van der Waals surface area contributed by atoms with E-state index < -0.39 is 53.5 Å².